The van der Waals surface area contributed by atoms with Crippen molar-refractivity contribution >= 4 is 5.78 Å². The molecule has 0 amide bonds. The van der Waals surface area contributed by atoms with Gasteiger partial charge in [0.1, 0.15) is 5.75 Å². The molecule has 0 radical (unpaired) electrons. The SMILES string of the molecule is O=C(CC1CCNCC1)c1ccccc1O. The van der Waals surface area contributed by atoms with Crippen molar-refractivity contribution in [2.75, 3.05) is 13.1 Å². The van der Waals surface area contributed by atoms with Crippen LogP contribution in [-0.4, -0.2) is 24.0 Å². The van der Waals surface area contributed by atoms with E-state index in [9.17, 15) is 9.90 Å². The first kappa shape index (κ1) is 11.1. The van der Waals surface area contributed by atoms with Gasteiger partial charge in [0.2, 0.25) is 0 Å². The number of hydrogen-bond acceptors (Lipinski definition) is 3. The fourth-order valence-corrected chi connectivity index (χ4v) is 2.17. The van der Waals surface area contributed by atoms with Gasteiger partial charge in [-0.25, -0.2) is 0 Å². The molecule has 1 saturated heterocycles. The summed E-state index contributed by atoms with van der Waals surface area (Å²) < 4.78 is 0. The smallest absolute Gasteiger partial charge is 0.166 e. The second kappa shape index (κ2) is 5.12. The third kappa shape index (κ3) is 2.61. The highest BCUT2D eigenvalue weighted by molar-refractivity contribution is 5.98. The molecule has 1 heterocycles. The van der Waals surface area contributed by atoms with Gasteiger partial charge in [0.15, 0.2) is 5.78 Å². The zero-order chi connectivity index (χ0) is 11.4. The number of hydrogen-bond donors (Lipinski definition) is 2. The number of phenols is 1. The molecule has 2 N–H and O–H groups in total. The number of aromatic hydroxyl groups is 1. The first-order chi connectivity index (χ1) is 7.77. The molecule has 0 saturated carbocycles. The lowest BCUT2D eigenvalue weighted by molar-refractivity contribution is 0.0950. The lowest BCUT2D eigenvalue weighted by Gasteiger charge is -2.21. The van der Waals surface area contributed by atoms with Crippen molar-refractivity contribution in [1.82, 2.24) is 5.32 Å². The van der Waals surface area contributed by atoms with E-state index in [1.165, 1.54) is 0 Å². The standard InChI is InChI=1S/C13H17NO2/c15-12-4-2-1-3-11(12)13(16)9-10-5-7-14-8-6-10/h1-4,10,14-15H,5-9H2. The maximum Gasteiger partial charge on any atom is 0.166 e. The van der Waals surface area contributed by atoms with E-state index in [0.717, 1.165) is 25.9 Å². The highest BCUT2D eigenvalue weighted by Gasteiger charge is 2.19. The predicted octanol–water partition coefficient (Wildman–Crippen LogP) is 1.96. The maximum absolute atomic E-state index is 12.0. The molecule has 0 bridgehead atoms. The normalized spacial score (nSPS) is 17.2. The number of nitrogens with one attached hydrogen (secondary N) is 1. The van der Waals surface area contributed by atoms with Crippen molar-refractivity contribution < 1.29 is 9.90 Å². The second-order valence-corrected chi connectivity index (χ2v) is 4.34. The summed E-state index contributed by atoms with van der Waals surface area (Å²) in [4.78, 5) is 12.0. The van der Waals surface area contributed by atoms with Gasteiger partial charge in [-0.15, -0.1) is 0 Å². The van der Waals surface area contributed by atoms with Gasteiger partial charge in [0, 0.05) is 6.42 Å². The number of phenolic OH excluding ortho intramolecular Hbond substituents is 1. The summed E-state index contributed by atoms with van der Waals surface area (Å²) in [6, 6.07) is 6.78. The fourth-order valence-electron chi connectivity index (χ4n) is 2.17. The summed E-state index contributed by atoms with van der Waals surface area (Å²) in [5.41, 5.74) is 0.459. The average molecular weight is 219 g/mol. The number of benzene rings is 1. The van der Waals surface area contributed by atoms with E-state index in [4.69, 9.17) is 0 Å². The second-order valence-electron chi connectivity index (χ2n) is 4.34. The monoisotopic (exact) mass is 219 g/mol. The summed E-state index contributed by atoms with van der Waals surface area (Å²) in [5, 5.41) is 12.9. The van der Waals surface area contributed by atoms with Crippen LogP contribution >= 0.6 is 0 Å². The molecule has 86 valence electrons. The molecule has 1 aliphatic rings. The van der Waals surface area contributed by atoms with Crippen molar-refractivity contribution in [1.29, 1.82) is 0 Å². The number of rotatable bonds is 3. The molecule has 2 rings (SSSR count). The zero-order valence-electron chi connectivity index (χ0n) is 9.28. The minimum absolute atomic E-state index is 0.0602. The topological polar surface area (TPSA) is 49.3 Å². The van der Waals surface area contributed by atoms with Crippen LogP contribution in [0.25, 0.3) is 0 Å². The predicted molar refractivity (Wildman–Crippen MR) is 62.6 cm³/mol. The first-order valence-electron chi connectivity index (χ1n) is 5.79. The highest BCUT2D eigenvalue weighted by Crippen LogP contribution is 2.23. The number of para-hydroxylation sites is 1. The molecule has 1 aliphatic heterocycles. The van der Waals surface area contributed by atoms with Crippen molar-refractivity contribution in [2.45, 2.75) is 19.3 Å². The molecule has 0 aromatic heterocycles. The van der Waals surface area contributed by atoms with E-state index in [2.05, 4.69) is 5.32 Å². The number of ketones is 1. The van der Waals surface area contributed by atoms with E-state index >= 15 is 0 Å². The summed E-state index contributed by atoms with van der Waals surface area (Å²) in [7, 11) is 0. The third-order valence-electron chi connectivity index (χ3n) is 3.14. The van der Waals surface area contributed by atoms with Gasteiger partial charge < -0.3 is 10.4 Å². The Morgan fingerprint density at radius 2 is 2.00 bits per heavy atom. The Hall–Kier alpha value is -1.35. The molecule has 1 aromatic rings. The largest absolute Gasteiger partial charge is 0.507 e. The Balaban J connectivity index is 2.00. The molecule has 1 fully saturated rings. The van der Waals surface area contributed by atoms with Crippen LogP contribution in [0.15, 0.2) is 24.3 Å². The van der Waals surface area contributed by atoms with Crippen LogP contribution in [0.5, 0.6) is 5.75 Å². The Bertz CT molecular complexity index is 370. The van der Waals surface area contributed by atoms with Crippen LogP contribution in [0.4, 0.5) is 0 Å². The zero-order valence-corrected chi connectivity index (χ0v) is 9.28. The Kier molecular flexibility index (Phi) is 3.57. The number of carbonyl (C=O) groups is 1. The van der Waals surface area contributed by atoms with Crippen LogP contribution in [-0.2, 0) is 0 Å². The minimum atomic E-state index is 0.0602. The van der Waals surface area contributed by atoms with Gasteiger partial charge >= 0.3 is 0 Å². The molecule has 0 unspecified atom stereocenters. The molecule has 3 nitrogen and oxygen atoms in total. The van der Waals surface area contributed by atoms with Gasteiger partial charge in [-0.2, -0.15) is 0 Å². The molecule has 0 spiro atoms. The van der Waals surface area contributed by atoms with Crippen LogP contribution in [0, 0.1) is 5.92 Å². The van der Waals surface area contributed by atoms with Crippen LogP contribution in [0.3, 0.4) is 0 Å². The van der Waals surface area contributed by atoms with Crippen molar-refractivity contribution in [3.05, 3.63) is 29.8 Å². The van der Waals surface area contributed by atoms with Gasteiger partial charge in [-0.05, 0) is 44.0 Å². The van der Waals surface area contributed by atoms with Crippen molar-refractivity contribution in [2.24, 2.45) is 5.92 Å². The molecule has 0 atom stereocenters. The minimum Gasteiger partial charge on any atom is -0.507 e. The van der Waals surface area contributed by atoms with E-state index in [0.29, 0.717) is 17.9 Å². The maximum atomic E-state index is 12.0. The molecular weight excluding hydrogens is 202 g/mol. The molecule has 1 aromatic carbocycles. The Morgan fingerprint density at radius 1 is 1.31 bits per heavy atom. The van der Waals surface area contributed by atoms with Gasteiger partial charge in [-0.3, -0.25) is 4.79 Å². The van der Waals surface area contributed by atoms with Crippen LogP contribution in [0.2, 0.25) is 0 Å². The molecule has 0 aliphatic carbocycles. The molecular formula is C13H17NO2. The van der Waals surface area contributed by atoms with E-state index in [-0.39, 0.29) is 11.5 Å². The quantitative estimate of drug-likeness (QED) is 0.764. The van der Waals surface area contributed by atoms with Crippen molar-refractivity contribution in [3.63, 3.8) is 0 Å². The number of Topliss-reactive ketones (excluding diaryl/α,β-unsaturated/α-hetero) is 1. The lowest BCUT2D eigenvalue weighted by atomic mass is 9.90. The van der Waals surface area contributed by atoms with E-state index in [1.54, 1.807) is 24.3 Å². The first-order valence-corrected chi connectivity index (χ1v) is 5.79. The van der Waals surface area contributed by atoms with Gasteiger partial charge in [0.05, 0.1) is 5.56 Å². The summed E-state index contributed by atoms with van der Waals surface area (Å²) in [5.74, 6) is 0.625. The lowest BCUT2D eigenvalue weighted by Crippen LogP contribution is -2.28. The van der Waals surface area contributed by atoms with E-state index in [1.807, 2.05) is 0 Å². The average Bonchev–Trinajstić information content (AvgIpc) is 2.31. The van der Waals surface area contributed by atoms with E-state index < -0.39 is 0 Å². The fraction of sp³-hybridized carbons (Fsp3) is 0.462. The van der Waals surface area contributed by atoms with Crippen LogP contribution in [0.1, 0.15) is 29.6 Å². The van der Waals surface area contributed by atoms with Crippen LogP contribution < -0.4 is 5.32 Å². The summed E-state index contributed by atoms with van der Waals surface area (Å²) in [6.45, 7) is 2.00. The summed E-state index contributed by atoms with van der Waals surface area (Å²) >= 11 is 0. The number of carbonyl (C=O) groups excluding carboxylic acids is 1. The van der Waals surface area contributed by atoms with Gasteiger partial charge in [0.25, 0.3) is 0 Å². The van der Waals surface area contributed by atoms with Gasteiger partial charge in [-0.1, -0.05) is 12.1 Å². The molecule has 3 heteroatoms. The number of piperidine rings is 1. The third-order valence-corrected chi connectivity index (χ3v) is 3.14. The molecule has 16 heavy (non-hydrogen) atoms. The highest BCUT2D eigenvalue weighted by atomic mass is 16.3. The summed E-state index contributed by atoms with van der Waals surface area (Å²) in [6.07, 6.45) is 2.66. The Labute approximate surface area is 95.5 Å². The van der Waals surface area contributed by atoms with Crippen molar-refractivity contribution in [3.8, 4) is 5.75 Å². The Morgan fingerprint density at radius 3 is 2.69 bits per heavy atom.